The molecule has 0 spiro atoms. The molecule has 10 heteroatoms. The molecule has 2 amide bonds. The van der Waals surface area contributed by atoms with Crippen LogP contribution in [0.2, 0.25) is 10.0 Å². The molecule has 2 rings (SSSR count). The Morgan fingerprint density at radius 3 is 2.42 bits per heavy atom. The number of halogens is 2. The molecule has 166 valence electrons. The lowest BCUT2D eigenvalue weighted by Gasteiger charge is -2.12. The fourth-order valence-electron chi connectivity index (χ4n) is 2.36. The molecule has 0 heterocycles. The van der Waals surface area contributed by atoms with Gasteiger partial charge in [0.05, 0.1) is 11.6 Å². The van der Waals surface area contributed by atoms with Gasteiger partial charge < -0.3 is 9.47 Å². The van der Waals surface area contributed by atoms with E-state index in [0.29, 0.717) is 34.6 Å². The molecule has 0 aliphatic heterocycles. The summed E-state index contributed by atoms with van der Waals surface area (Å²) in [5, 5.41) is 3.31. The Morgan fingerprint density at radius 1 is 1.00 bits per heavy atom. The third-order valence-electron chi connectivity index (χ3n) is 3.97. The van der Waals surface area contributed by atoms with Gasteiger partial charge in [-0.3, -0.25) is 25.8 Å². The van der Waals surface area contributed by atoms with E-state index < -0.39 is 5.91 Å². The minimum absolute atomic E-state index is 0.0347. The topological polar surface area (TPSA) is 88.7 Å². The molecule has 0 radical (unpaired) electrons. The molecule has 0 saturated carbocycles. The Balaban J connectivity index is 1.58. The normalized spacial score (nSPS) is 10.2. The SMILES string of the molecule is CCc1ccc(OCC(=O)NC(=S)NNC(=O)CCCOc2ccc(Cl)cc2Cl)cc1. The number of benzene rings is 2. The number of hydrogen-bond acceptors (Lipinski definition) is 5. The number of amides is 2. The van der Waals surface area contributed by atoms with Crippen molar-refractivity contribution in [2.75, 3.05) is 13.2 Å². The van der Waals surface area contributed by atoms with E-state index in [1.807, 2.05) is 12.1 Å². The molecule has 3 N–H and O–H groups in total. The summed E-state index contributed by atoms with van der Waals surface area (Å²) in [5.41, 5.74) is 6.05. The van der Waals surface area contributed by atoms with E-state index in [-0.39, 0.29) is 24.0 Å². The summed E-state index contributed by atoms with van der Waals surface area (Å²) < 4.78 is 10.9. The molecule has 0 aliphatic carbocycles. The van der Waals surface area contributed by atoms with Crippen molar-refractivity contribution < 1.29 is 19.1 Å². The van der Waals surface area contributed by atoms with Crippen LogP contribution in [0, 0.1) is 0 Å². The molecule has 0 bridgehead atoms. The molecule has 0 atom stereocenters. The van der Waals surface area contributed by atoms with Crippen molar-refractivity contribution in [3.05, 3.63) is 58.1 Å². The van der Waals surface area contributed by atoms with Crippen LogP contribution in [-0.2, 0) is 16.0 Å². The number of carbonyl (C=O) groups excluding carboxylic acids is 2. The number of aryl methyl sites for hydroxylation is 1. The Hall–Kier alpha value is -2.55. The van der Waals surface area contributed by atoms with Crippen molar-refractivity contribution in [1.82, 2.24) is 16.2 Å². The first kappa shape index (κ1) is 24.7. The van der Waals surface area contributed by atoms with Crippen LogP contribution in [0.5, 0.6) is 11.5 Å². The number of hydrogen-bond donors (Lipinski definition) is 3. The first-order chi connectivity index (χ1) is 14.9. The van der Waals surface area contributed by atoms with Gasteiger partial charge in [0.1, 0.15) is 11.5 Å². The highest BCUT2D eigenvalue weighted by Crippen LogP contribution is 2.27. The molecule has 31 heavy (non-hydrogen) atoms. The van der Waals surface area contributed by atoms with Gasteiger partial charge in [-0.2, -0.15) is 0 Å². The average molecular weight is 484 g/mol. The van der Waals surface area contributed by atoms with Crippen molar-refractivity contribution in [2.24, 2.45) is 0 Å². The second-order valence-electron chi connectivity index (χ2n) is 6.36. The predicted molar refractivity (Wildman–Crippen MR) is 125 cm³/mol. The third-order valence-corrected chi connectivity index (χ3v) is 4.70. The summed E-state index contributed by atoms with van der Waals surface area (Å²) in [6, 6.07) is 12.4. The lowest BCUT2D eigenvalue weighted by atomic mass is 10.2. The van der Waals surface area contributed by atoms with E-state index in [9.17, 15) is 9.59 Å². The number of rotatable bonds is 9. The summed E-state index contributed by atoms with van der Waals surface area (Å²) in [6.45, 7) is 2.15. The third kappa shape index (κ3) is 9.42. The molecule has 2 aromatic rings. The Bertz CT molecular complexity index is 910. The van der Waals surface area contributed by atoms with Crippen molar-refractivity contribution >= 4 is 52.3 Å². The number of thiocarbonyl (C=S) groups is 1. The van der Waals surface area contributed by atoms with Gasteiger partial charge in [0.25, 0.3) is 5.91 Å². The number of ether oxygens (including phenoxy) is 2. The van der Waals surface area contributed by atoms with Crippen LogP contribution in [-0.4, -0.2) is 30.1 Å². The highest BCUT2D eigenvalue weighted by molar-refractivity contribution is 7.80. The van der Waals surface area contributed by atoms with Crippen LogP contribution in [0.4, 0.5) is 0 Å². The van der Waals surface area contributed by atoms with Gasteiger partial charge in [-0.15, -0.1) is 0 Å². The van der Waals surface area contributed by atoms with E-state index in [4.69, 9.17) is 44.9 Å². The first-order valence-corrected chi connectivity index (χ1v) is 10.7. The maximum absolute atomic E-state index is 11.9. The Labute approximate surface area is 196 Å². The van der Waals surface area contributed by atoms with E-state index in [0.717, 1.165) is 6.42 Å². The van der Waals surface area contributed by atoms with Crippen molar-refractivity contribution in [3.63, 3.8) is 0 Å². The first-order valence-electron chi connectivity index (χ1n) is 9.55. The fraction of sp³-hybridized carbons (Fsp3) is 0.286. The van der Waals surface area contributed by atoms with Gasteiger partial charge in [0, 0.05) is 11.4 Å². The maximum atomic E-state index is 11.9. The van der Waals surface area contributed by atoms with E-state index in [1.54, 1.807) is 30.3 Å². The van der Waals surface area contributed by atoms with E-state index >= 15 is 0 Å². The monoisotopic (exact) mass is 483 g/mol. The summed E-state index contributed by atoms with van der Waals surface area (Å²) in [5.74, 6) is 0.327. The number of nitrogens with one attached hydrogen (secondary N) is 3. The van der Waals surface area contributed by atoms with Crippen molar-refractivity contribution in [3.8, 4) is 11.5 Å². The largest absolute Gasteiger partial charge is 0.492 e. The van der Waals surface area contributed by atoms with Crippen molar-refractivity contribution in [1.29, 1.82) is 0 Å². The second kappa shape index (κ2) is 13.0. The fourth-order valence-corrected chi connectivity index (χ4v) is 2.99. The molecule has 0 saturated heterocycles. The maximum Gasteiger partial charge on any atom is 0.264 e. The van der Waals surface area contributed by atoms with Crippen molar-refractivity contribution in [2.45, 2.75) is 26.2 Å². The molecule has 0 aromatic heterocycles. The minimum Gasteiger partial charge on any atom is -0.492 e. The van der Waals surface area contributed by atoms with Crippen LogP contribution in [0.25, 0.3) is 0 Å². The van der Waals surface area contributed by atoms with Gasteiger partial charge >= 0.3 is 0 Å². The summed E-state index contributed by atoms with van der Waals surface area (Å²) >= 11 is 16.8. The Kier molecular flexibility index (Phi) is 10.4. The number of hydrazine groups is 1. The van der Waals surface area contributed by atoms with Crippen LogP contribution in [0.3, 0.4) is 0 Å². The van der Waals surface area contributed by atoms with E-state index in [2.05, 4.69) is 23.1 Å². The molecular weight excluding hydrogens is 461 g/mol. The predicted octanol–water partition coefficient (Wildman–Crippen LogP) is 3.82. The molecular formula is C21H23Cl2N3O4S. The van der Waals surface area contributed by atoms with E-state index in [1.165, 1.54) is 5.56 Å². The average Bonchev–Trinajstić information content (AvgIpc) is 2.75. The lowest BCUT2D eigenvalue weighted by Crippen LogP contribution is -2.49. The quantitative estimate of drug-likeness (QED) is 0.285. The zero-order valence-corrected chi connectivity index (χ0v) is 19.2. The molecule has 0 aliphatic rings. The van der Waals surface area contributed by atoms with Gasteiger partial charge in [0.15, 0.2) is 11.7 Å². The van der Waals surface area contributed by atoms with Gasteiger partial charge in [-0.1, -0.05) is 42.3 Å². The zero-order valence-electron chi connectivity index (χ0n) is 16.9. The van der Waals surface area contributed by atoms with Crippen LogP contribution >= 0.6 is 35.4 Å². The molecule has 0 unspecified atom stereocenters. The zero-order chi connectivity index (χ0) is 22.6. The molecule has 7 nitrogen and oxygen atoms in total. The molecule has 2 aromatic carbocycles. The number of carbonyl (C=O) groups is 2. The lowest BCUT2D eigenvalue weighted by molar-refractivity contribution is -0.123. The molecule has 0 fully saturated rings. The van der Waals surface area contributed by atoms with Crippen LogP contribution in [0.15, 0.2) is 42.5 Å². The second-order valence-corrected chi connectivity index (χ2v) is 7.62. The summed E-state index contributed by atoms with van der Waals surface area (Å²) in [6.07, 6.45) is 1.57. The van der Waals surface area contributed by atoms with Crippen LogP contribution < -0.4 is 25.6 Å². The Morgan fingerprint density at radius 2 is 1.74 bits per heavy atom. The minimum atomic E-state index is -0.445. The highest BCUT2D eigenvalue weighted by Gasteiger charge is 2.08. The highest BCUT2D eigenvalue weighted by atomic mass is 35.5. The standard InChI is InChI=1S/C21H23Cl2N3O4S/c1-2-14-5-8-16(9-6-14)30-13-20(28)24-21(31)26-25-19(27)4-3-11-29-18-10-7-15(22)12-17(18)23/h5-10,12H,2-4,11,13H2,1H3,(H,25,27)(H2,24,26,28,31). The summed E-state index contributed by atoms with van der Waals surface area (Å²) in [7, 11) is 0. The van der Waals surface area contributed by atoms with Crippen LogP contribution in [0.1, 0.15) is 25.3 Å². The van der Waals surface area contributed by atoms with Gasteiger partial charge in [0.2, 0.25) is 5.91 Å². The summed E-state index contributed by atoms with van der Waals surface area (Å²) in [4.78, 5) is 23.7. The van der Waals surface area contributed by atoms with Gasteiger partial charge in [-0.05, 0) is 61.0 Å². The van der Waals surface area contributed by atoms with Gasteiger partial charge in [-0.25, -0.2) is 0 Å². The smallest absolute Gasteiger partial charge is 0.264 e.